The Hall–Kier alpha value is -3.44. The fraction of sp³-hybridized carbons (Fsp3) is 0.308. The Morgan fingerprint density at radius 3 is 2.38 bits per heavy atom. The van der Waals surface area contributed by atoms with E-state index in [0.717, 1.165) is 46.1 Å². The second-order valence-electron chi connectivity index (χ2n) is 8.35. The Morgan fingerprint density at radius 1 is 1.05 bits per heavy atom. The average Bonchev–Trinajstić information content (AvgIpc) is 3.25. The van der Waals surface area contributed by atoms with Crippen LogP contribution in [0.15, 0.2) is 53.4 Å². The highest BCUT2D eigenvalue weighted by Crippen LogP contribution is 2.38. The fourth-order valence-electron chi connectivity index (χ4n) is 4.17. The summed E-state index contributed by atoms with van der Waals surface area (Å²) in [5, 5.41) is 3.08. The van der Waals surface area contributed by atoms with Crippen molar-refractivity contribution in [2.45, 2.75) is 37.5 Å². The zero-order valence-corrected chi connectivity index (χ0v) is 22.1. The molecule has 3 aromatic rings. The molecule has 196 valence electrons. The van der Waals surface area contributed by atoms with Gasteiger partial charge >= 0.3 is 5.97 Å². The average molecular weight is 547 g/mol. The summed E-state index contributed by atoms with van der Waals surface area (Å²) < 4.78 is 52.0. The number of amides is 1. The molecule has 2 aromatic carbocycles. The van der Waals surface area contributed by atoms with Crippen molar-refractivity contribution < 1.29 is 31.9 Å². The molecular weight excluding hydrogens is 519 g/mol. The third kappa shape index (κ3) is 5.78. The lowest BCUT2D eigenvalue weighted by atomic mass is 9.95. The van der Waals surface area contributed by atoms with Crippen molar-refractivity contribution in [1.29, 1.82) is 0 Å². The van der Waals surface area contributed by atoms with Crippen molar-refractivity contribution in [3.05, 3.63) is 70.4 Å². The molecule has 11 heteroatoms. The molecule has 1 amide bonds. The number of nitrogens with one attached hydrogen (secondary N) is 1. The number of hydrogen-bond acceptors (Lipinski definition) is 7. The van der Waals surface area contributed by atoms with Gasteiger partial charge < -0.3 is 14.8 Å². The number of benzene rings is 2. The Balaban J connectivity index is 1.66. The maximum atomic E-state index is 13.6. The maximum absolute atomic E-state index is 13.6. The minimum Gasteiger partial charge on any atom is -0.497 e. The molecule has 0 unspecified atom stereocenters. The SMILES string of the molecule is CCOC(=O)c1c(NC(=O)CN(c2ccc(F)cc2)S(=O)(=O)c2ccc(OC)cc2)sc2c1CCCC2. The number of esters is 1. The molecular formula is C26H27FN2O6S2. The molecule has 1 aliphatic rings. The predicted molar refractivity (Wildman–Crippen MR) is 139 cm³/mol. The van der Waals surface area contributed by atoms with Crippen LogP contribution in [0.3, 0.4) is 0 Å². The van der Waals surface area contributed by atoms with Gasteiger partial charge in [0, 0.05) is 4.88 Å². The number of ether oxygens (including phenoxy) is 2. The molecule has 0 atom stereocenters. The summed E-state index contributed by atoms with van der Waals surface area (Å²) in [4.78, 5) is 26.9. The molecule has 0 saturated heterocycles. The molecule has 1 aromatic heterocycles. The molecule has 0 radical (unpaired) electrons. The smallest absolute Gasteiger partial charge is 0.341 e. The molecule has 1 aliphatic carbocycles. The van der Waals surface area contributed by atoms with Gasteiger partial charge in [0.05, 0.1) is 29.9 Å². The number of sulfonamides is 1. The summed E-state index contributed by atoms with van der Waals surface area (Å²) >= 11 is 1.31. The van der Waals surface area contributed by atoms with Crippen LogP contribution in [-0.4, -0.2) is 40.6 Å². The normalized spacial score (nSPS) is 12.9. The van der Waals surface area contributed by atoms with E-state index in [4.69, 9.17) is 9.47 Å². The van der Waals surface area contributed by atoms with Crippen molar-refractivity contribution in [3.63, 3.8) is 0 Å². The van der Waals surface area contributed by atoms with Gasteiger partial charge in [-0.3, -0.25) is 9.10 Å². The van der Waals surface area contributed by atoms with Gasteiger partial charge in [-0.05, 0) is 86.7 Å². The van der Waals surface area contributed by atoms with Crippen LogP contribution in [0.2, 0.25) is 0 Å². The molecule has 4 rings (SSSR count). The molecule has 0 fully saturated rings. The summed E-state index contributed by atoms with van der Waals surface area (Å²) in [6.45, 7) is 1.31. The van der Waals surface area contributed by atoms with E-state index in [2.05, 4.69) is 5.32 Å². The Morgan fingerprint density at radius 2 is 1.73 bits per heavy atom. The molecule has 8 nitrogen and oxygen atoms in total. The topological polar surface area (TPSA) is 102 Å². The number of nitrogens with zero attached hydrogens (tertiary/aromatic N) is 1. The van der Waals surface area contributed by atoms with Gasteiger partial charge in [-0.25, -0.2) is 17.6 Å². The van der Waals surface area contributed by atoms with Crippen LogP contribution in [0.25, 0.3) is 0 Å². The van der Waals surface area contributed by atoms with E-state index in [1.165, 1.54) is 54.8 Å². The number of thiophene rings is 1. The van der Waals surface area contributed by atoms with E-state index < -0.39 is 34.3 Å². The van der Waals surface area contributed by atoms with Crippen molar-refractivity contribution in [2.75, 3.05) is 29.9 Å². The molecule has 0 spiro atoms. The van der Waals surface area contributed by atoms with Gasteiger partial charge in [-0.15, -0.1) is 11.3 Å². The lowest BCUT2D eigenvalue weighted by molar-refractivity contribution is -0.114. The third-order valence-corrected chi connectivity index (χ3v) is 8.95. The van der Waals surface area contributed by atoms with E-state index in [1.54, 1.807) is 6.92 Å². The standard InChI is InChI=1S/C26H27FN2O6S2/c1-3-35-26(31)24-21-6-4-5-7-22(21)36-25(24)28-23(30)16-29(18-10-8-17(27)9-11-18)37(32,33)20-14-12-19(34-2)13-15-20/h8-15H,3-7,16H2,1-2H3,(H,28,30). The largest absolute Gasteiger partial charge is 0.497 e. The van der Waals surface area contributed by atoms with Gasteiger partial charge in [-0.1, -0.05) is 0 Å². The van der Waals surface area contributed by atoms with Crippen molar-refractivity contribution in [1.82, 2.24) is 0 Å². The number of hydrogen-bond donors (Lipinski definition) is 1. The number of carbonyl (C=O) groups is 2. The van der Waals surface area contributed by atoms with E-state index in [1.807, 2.05) is 0 Å². The number of rotatable bonds is 9. The first-order valence-electron chi connectivity index (χ1n) is 11.8. The van der Waals surface area contributed by atoms with Crippen molar-refractivity contribution >= 4 is 43.9 Å². The summed E-state index contributed by atoms with van der Waals surface area (Å²) in [5.74, 6) is -1.24. The minimum atomic E-state index is -4.21. The zero-order valence-electron chi connectivity index (χ0n) is 20.5. The second kappa shape index (κ2) is 11.3. The number of fused-ring (bicyclic) bond motifs is 1. The van der Waals surface area contributed by atoms with Gasteiger partial charge in [-0.2, -0.15) is 0 Å². The van der Waals surface area contributed by atoms with Gasteiger partial charge in [0.2, 0.25) is 5.91 Å². The summed E-state index contributed by atoms with van der Waals surface area (Å²) in [6, 6.07) is 10.6. The minimum absolute atomic E-state index is 0.0655. The molecule has 0 saturated carbocycles. The Kier molecular flexibility index (Phi) is 8.13. The third-order valence-electron chi connectivity index (χ3n) is 5.95. The van der Waals surface area contributed by atoms with Crippen molar-refractivity contribution in [3.8, 4) is 5.75 Å². The molecule has 0 aliphatic heterocycles. The van der Waals surface area contributed by atoms with Crippen LogP contribution in [-0.2, 0) is 32.4 Å². The highest BCUT2D eigenvalue weighted by molar-refractivity contribution is 7.92. The van der Waals surface area contributed by atoms with Crippen LogP contribution in [0, 0.1) is 5.82 Å². The molecule has 37 heavy (non-hydrogen) atoms. The van der Waals surface area contributed by atoms with Crippen LogP contribution >= 0.6 is 11.3 Å². The first kappa shape index (κ1) is 26.6. The van der Waals surface area contributed by atoms with E-state index in [0.29, 0.717) is 22.7 Å². The van der Waals surface area contributed by atoms with E-state index in [-0.39, 0.29) is 17.2 Å². The molecule has 0 bridgehead atoms. The Labute approximate surface area is 219 Å². The first-order chi connectivity index (χ1) is 17.7. The number of anilines is 2. The van der Waals surface area contributed by atoms with Crippen LogP contribution in [0.1, 0.15) is 40.6 Å². The second-order valence-corrected chi connectivity index (χ2v) is 11.3. The lowest BCUT2D eigenvalue weighted by Gasteiger charge is -2.24. The first-order valence-corrected chi connectivity index (χ1v) is 14.0. The zero-order chi connectivity index (χ0) is 26.6. The monoisotopic (exact) mass is 546 g/mol. The summed E-state index contributed by atoms with van der Waals surface area (Å²) in [7, 11) is -2.75. The number of carbonyl (C=O) groups excluding carboxylic acids is 2. The highest BCUT2D eigenvalue weighted by Gasteiger charge is 2.30. The summed E-state index contributed by atoms with van der Waals surface area (Å²) in [6.07, 6.45) is 3.43. The predicted octanol–water partition coefficient (Wildman–Crippen LogP) is 4.79. The van der Waals surface area contributed by atoms with Gasteiger partial charge in [0.15, 0.2) is 0 Å². The molecule has 1 heterocycles. The van der Waals surface area contributed by atoms with Crippen LogP contribution in [0.5, 0.6) is 5.75 Å². The van der Waals surface area contributed by atoms with E-state index in [9.17, 15) is 22.4 Å². The Bertz CT molecular complexity index is 1390. The van der Waals surface area contributed by atoms with Gasteiger partial charge in [0.1, 0.15) is 23.1 Å². The van der Waals surface area contributed by atoms with Gasteiger partial charge in [0.25, 0.3) is 10.0 Å². The lowest BCUT2D eigenvalue weighted by Crippen LogP contribution is -2.38. The van der Waals surface area contributed by atoms with Crippen LogP contribution < -0.4 is 14.4 Å². The highest BCUT2D eigenvalue weighted by atomic mass is 32.2. The van der Waals surface area contributed by atoms with Crippen molar-refractivity contribution in [2.24, 2.45) is 0 Å². The number of aryl methyl sites for hydroxylation is 1. The number of methoxy groups -OCH3 is 1. The fourth-order valence-corrected chi connectivity index (χ4v) is 6.88. The van der Waals surface area contributed by atoms with Crippen LogP contribution in [0.4, 0.5) is 15.1 Å². The van der Waals surface area contributed by atoms with E-state index >= 15 is 0 Å². The summed E-state index contributed by atoms with van der Waals surface area (Å²) in [5.41, 5.74) is 1.33. The maximum Gasteiger partial charge on any atom is 0.341 e. The quantitative estimate of drug-likeness (QED) is 0.388. The molecule has 1 N–H and O–H groups in total. The number of halogens is 1.